The van der Waals surface area contributed by atoms with Gasteiger partial charge < -0.3 is 20.3 Å². The van der Waals surface area contributed by atoms with E-state index in [9.17, 15) is 19.8 Å². The molecule has 0 aromatic carbocycles. The molecule has 0 radical (unpaired) electrons. The number of aliphatic hydroxyl groups is 2. The lowest BCUT2D eigenvalue weighted by molar-refractivity contribution is -0.143. The van der Waals surface area contributed by atoms with Crippen LogP contribution in [0.15, 0.2) is 36.5 Å². The number of ether oxygens (including phenoxy) is 1. The first-order valence-electron chi connectivity index (χ1n) is 34.3. The first kappa shape index (κ1) is 74.1. The summed E-state index contributed by atoms with van der Waals surface area (Å²) in [6, 6.07) is -0.625. The van der Waals surface area contributed by atoms with Gasteiger partial charge in [0.25, 0.3) is 0 Å². The van der Waals surface area contributed by atoms with Gasteiger partial charge in [-0.15, -0.1) is 0 Å². The summed E-state index contributed by atoms with van der Waals surface area (Å²) in [6.45, 7) is 4.91. The van der Waals surface area contributed by atoms with E-state index in [0.717, 1.165) is 44.9 Å². The van der Waals surface area contributed by atoms with Crippen molar-refractivity contribution < 1.29 is 24.5 Å². The molecule has 0 aliphatic carbocycles. The Labute approximate surface area is 474 Å². The van der Waals surface area contributed by atoms with E-state index in [4.69, 9.17) is 4.74 Å². The predicted molar refractivity (Wildman–Crippen MR) is 333 cm³/mol. The van der Waals surface area contributed by atoms with Crippen molar-refractivity contribution in [3.8, 4) is 0 Å². The molecule has 6 heteroatoms. The first-order chi connectivity index (χ1) is 37.5. The van der Waals surface area contributed by atoms with Crippen LogP contribution in [0.3, 0.4) is 0 Å². The van der Waals surface area contributed by atoms with Crippen LogP contribution in [0.2, 0.25) is 0 Å². The van der Waals surface area contributed by atoms with Crippen LogP contribution in [-0.2, 0) is 14.3 Å². The highest BCUT2D eigenvalue weighted by atomic mass is 16.5. The minimum Gasteiger partial charge on any atom is -0.466 e. The summed E-state index contributed by atoms with van der Waals surface area (Å²) >= 11 is 0. The van der Waals surface area contributed by atoms with E-state index in [2.05, 4.69) is 43.5 Å². The minimum atomic E-state index is -0.841. The number of esters is 1. The molecule has 0 heterocycles. The Morgan fingerprint density at radius 3 is 0.934 bits per heavy atom. The van der Waals surface area contributed by atoms with Crippen LogP contribution >= 0.6 is 0 Å². The summed E-state index contributed by atoms with van der Waals surface area (Å²) in [5.41, 5.74) is 0. The molecule has 3 N–H and O–H groups in total. The molecule has 0 fully saturated rings. The van der Waals surface area contributed by atoms with Gasteiger partial charge in [-0.2, -0.15) is 0 Å². The molecular formula is C70H133NO5. The summed E-state index contributed by atoms with van der Waals surface area (Å²) < 4.78 is 5.50. The van der Waals surface area contributed by atoms with Crippen LogP contribution < -0.4 is 5.32 Å². The topological polar surface area (TPSA) is 95.9 Å². The van der Waals surface area contributed by atoms with E-state index in [1.54, 1.807) is 6.08 Å². The molecule has 0 rings (SSSR count). The smallest absolute Gasteiger partial charge is 0.305 e. The number of carbonyl (C=O) groups excluding carboxylic acids is 2. The Hall–Kier alpha value is -1.92. The van der Waals surface area contributed by atoms with Crippen molar-refractivity contribution >= 4 is 11.9 Å². The maximum atomic E-state index is 12.4. The molecule has 0 aliphatic heterocycles. The second kappa shape index (κ2) is 65.6. The third-order valence-electron chi connectivity index (χ3n) is 15.9. The fraction of sp³-hybridized carbons (Fsp3) is 0.886. The van der Waals surface area contributed by atoms with Gasteiger partial charge in [0, 0.05) is 12.8 Å². The van der Waals surface area contributed by atoms with Gasteiger partial charge >= 0.3 is 5.97 Å². The van der Waals surface area contributed by atoms with Crippen LogP contribution in [0.25, 0.3) is 0 Å². The minimum absolute atomic E-state index is 0.0142. The number of nitrogens with one attached hydrogen (secondary N) is 1. The molecule has 0 saturated carbocycles. The molecule has 2 unspecified atom stereocenters. The second-order valence-corrected chi connectivity index (χ2v) is 23.5. The number of hydrogen-bond donors (Lipinski definition) is 3. The standard InChI is InChI=1S/C70H133NO5/c1-3-5-7-9-11-13-15-16-17-33-37-40-44-48-52-56-60-64-70(75)76-65-61-57-53-49-45-41-38-35-32-30-28-26-24-22-20-18-19-21-23-25-27-29-31-34-36-39-43-47-51-55-59-63-69(74)71-67(66-72)68(73)62-58-54-50-46-42-14-12-10-8-6-4-2/h16-17,20,22,58,62,67-68,72-73H,3-15,18-19,21,23-57,59-61,63-66H2,1-2H3,(H,71,74)/b17-16-,22-20-,62-58+. The molecular weight excluding hydrogens is 935 g/mol. The molecule has 0 aliphatic rings. The van der Waals surface area contributed by atoms with E-state index in [1.165, 1.54) is 302 Å². The third kappa shape index (κ3) is 61.3. The van der Waals surface area contributed by atoms with Gasteiger partial charge in [-0.25, -0.2) is 0 Å². The number of rotatable bonds is 64. The van der Waals surface area contributed by atoms with Crippen LogP contribution in [0, 0.1) is 0 Å². The monoisotopic (exact) mass is 1070 g/mol. The van der Waals surface area contributed by atoms with Crippen molar-refractivity contribution in [1.29, 1.82) is 0 Å². The first-order valence-corrected chi connectivity index (χ1v) is 34.3. The van der Waals surface area contributed by atoms with Crippen LogP contribution in [-0.4, -0.2) is 47.4 Å². The molecule has 0 aromatic heterocycles. The van der Waals surface area contributed by atoms with E-state index < -0.39 is 12.1 Å². The lowest BCUT2D eigenvalue weighted by Gasteiger charge is -2.20. The highest BCUT2D eigenvalue weighted by Crippen LogP contribution is 2.18. The van der Waals surface area contributed by atoms with E-state index >= 15 is 0 Å². The largest absolute Gasteiger partial charge is 0.466 e. The average Bonchev–Trinajstić information content (AvgIpc) is 3.42. The summed E-state index contributed by atoms with van der Waals surface area (Å²) in [7, 11) is 0. The van der Waals surface area contributed by atoms with Gasteiger partial charge in [0.2, 0.25) is 5.91 Å². The van der Waals surface area contributed by atoms with Gasteiger partial charge in [-0.05, 0) is 83.5 Å². The average molecular weight is 1070 g/mol. The fourth-order valence-corrected chi connectivity index (χ4v) is 10.6. The molecule has 1 amide bonds. The number of unbranched alkanes of at least 4 members (excludes halogenated alkanes) is 49. The van der Waals surface area contributed by atoms with Gasteiger partial charge in [0.15, 0.2) is 0 Å². The number of amides is 1. The Kier molecular flexibility index (Phi) is 63.9. The summed E-state index contributed by atoms with van der Waals surface area (Å²) in [6.07, 6.45) is 83.7. The van der Waals surface area contributed by atoms with Crippen LogP contribution in [0.4, 0.5) is 0 Å². The maximum absolute atomic E-state index is 12.4. The highest BCUT2D eigenvalue weighted by Gasteiger charge is 2.18. The Bertz CT molecular complexity index is 1230. The Balaban J connectivity index is 3.35. The number of aliphatic hydroxyl groups excluding tert-OH is 2. The Morgan fingerprint density at radius 2 is 0.618 bits per heavy atom. The molecule has 0 bridgehead atoms. The van der Waals surface area contributed by atoms with Crippen LogP contribution in [0.1, 0.15) is 373 Å². The van der Waals surface area contributed by atoms with Crippen molar-refractivity contribution in [2.45, 2.75) is 386 Å². The molecule has 6 nitrogen and oxygen atoms in total. The van der Waals surface area contributed by atoms with Crippen LogP contribution in [0.5, 0.6) is 0 Å². The summed E-state index contributed by atoms with van der Waals surface area (Å²) in [4.78, 5) is 24.5. The van der Waals surface area contributed by atoms with Gasteiger partial charge in [0.05, 0.1) is 25.4 Å². The van der Waals surface area contributed by atoms with E-state index in [1.807, 2.05) is 6.08 Å². The molecule has 0 aromatic rings. The number of carbonyl (C=O) groups is 2. The lowest BCUT2D eigenvalue weighted by Crippen LogP contribution is -2.45. The molecule has 76 heavy (non-hydrogen) atoms. The van der Waals surface area contributed by atoms with Gasteiger partial charge in [-0.1, -0.05) is 314 Å². The number of hydrogen-bond acceptors (Lipinski definition) is 5. The van der Waals surface area contributed by atoms with Crippen molar-refractivity contribution in [3.05, 3.63) is 36.5 Å². The highest BCUT2D eigenvalue weighted by molar-refractivity contribution is 5.76. The van der Waals surface area contributed by atoms with E-state index in [0.29, 0.717) is 19.4 Å². The predicted octanol–water partition coefficient (Wildman–Crippen LogP) is 21.9. The fourth-order valence-electron chi connectivity index (χ4n) is 10.6. The lowest BCUT2D eigenvalue weighted by atomic mass is 10.0. The summed E-state index contributed by atoms with van der Waals surface area (Å²) in [5, 5.41) is 23.0. The van der Waals surface area contributed by atoms with Crippen molar-refractivity contribution in [2.24, 2.45) is 0 Å². The van der Waals surface area contributed by atoms with Crippen molar-refractivity contribution in [1.82, 2.24) is 5.32 Å². The Morgan fingerprint density at radius 1 is 0.355 bits per heavy atom. The quantitative estimate of drug-likeness (QED) is 0.0320. The second-order valence-electron chi connectivity index (χ2n) is 23.5. The molecule has 0 spiro atoms. The van der Waals surface area contributed by atoms with Gasteiger partial charge in [-0.3, -0.25) is 9.59 Å². The molecule has 0 saturated heterocycles. The third-order valence-corrected chi connectivity index (χ3v) is 15.9. The summed E-state index contributed by atoms with van der Waals surface area (Å²) in [5.74, 6) is -0.0518. The molecule has 448 valence electrons. The van der Waals surface area contributed by atoms with Gasteiger partial charge in [0.1, 0.15) is 0 Å². The zero-order chi connectivity index (χ0) is 55.0. The molecule has 2 atom stereocenters. The normalized spacial score (nSPS) is 12.7. The van der Waals surface area contributed by atoms with E-state index in [-0.39, 0.29) is 18.5 Å². The SMILES string of the molecule is CCCCCCCC/C=C\CCCCCCCCCC(=O)OCCCCCCCCCCCCCC/C=C\CCCCCCCCCCCCCCCCCC(=O)NC(CO)C(O)/C=C/CCCCCCCCCCC. The number of allylic oxidation sites excluding steroid dienone is 5. The zero-order valence-corrected chi connectivity index (χ0v) is 51.3. The van der Waals surface area contributed by atoms with Crippen molar-refractivity contribution in [3.63, 3.8) is 0 Å². The zero-order valence-electron chi connectivity index (χ0n) is 51.3. The maximum Gasteiger partial charge on any atom is 0.305 e. The van der Waals surface area contributed by atoms with Crippen molar-refractivity contribution in [2.75, 3.05) is 13.2 Å².